The molecule has 0 saturated carbocycles. The molecule has 1 saturated heterocycles. The van der Waals surface area contributed by atoms with Crippen LogP contribution in [0.4, 0.5) is 11.5 Å². The molecule has 118 valence electrons. The SMILES string of the molecule is Cc1cc(N2CCN(c3ccccc3Cl)CC2)n2ncnc2n1. The molecule has 3 aromatic rings. The molecule has 0 atom stereocenters. The van der Waals surface area contributed by atoms with Crippen LogP contribution in [0.3, 0.4) is 0 Å². The normalized spacial score (nSPS) is 15.4. The average Bonchev–Trinajstić information content (AvgIpc) is 3.03. The van der Waals surface area contributed by atoms with Crippen LogP contribution in [0, 0.1) is 6.92 Å². The zero-order valence-electron chi connectivity index (χ0n) is 12.9. The first-order chi connectivity index (χ1) is 11.2. The highest BCUT2D eigenvalue weighted by atomic mass is 35.5. The first-order valence-electron chi connectivity index (χ1n) is 7.64. The summed E-state index contributed by atoms with van der Waals surface area (Å²) in [6, 6.07) is 10.1. The van der Waals surface area contributed by atoms with E-state index in [4.69, 9.17) is 11.6 Å². The summed E-state index contributed by atoms with van der Waals surface area (Å²) in [6.45, 7) is 5.63. The molecule has 2 aromatic heterocycles. The van der Waals surface area contributed by atoms with Gasteiger partial charge in [0.2, 0.25) is 0 Å². The Hall–Kier alpha value is -2.34. The molecule has 7 heteroatoms. The predicted molar refractivity (Wildman–Crippen MR) is 91.4 cm³/mol. The summed E-state index contributed by atoms with van der Waals surface area (Å²) in [5.74, 6) is 1.69. The van der Waals surface area contributed by atoms with Crippen LogP contribution in [-0.2, 0) is 0 Å². The van der Waals surface area contributed by atoms with Crippen molar-refractivity contribution >= 4 is 28.9 Å². The second-order valence-electron chi connectivity index (χ2n) is 5.65. The number of piperazine rings is 1. The molecule has 1 aliphatic rings. The highest BCUT2D eigenvalue weighted by Gasteiger charge is 2.21. The molecule has 0 radical (unpaired) electrons. The Bertz CT molecular complexity index is 837. The van der Waals surface area contributed by atoms with Gasteiger partial charge in [0.15, 0.2) is 0 Å². The Morgan fingerprint density at radius 1 is 1.04 bits per heavy atom. The van der Waals surface area contributed by atoms with Crippen LogP contribution >= 0.6 is 11.6 Å². The molecule has 4 rings (SSSR count). The van der Waals surface area contributed by atoms with E-state index >= 15 is 0 Å². The molecular weight excluding hydrogens is 312 g/mol. The van der Waals surface area contributed by atoms with E-state index < -0.39 is 0 Å². The minimum Gasteiger partial charge on any atom is -0.367 e. The number of hydrogen-bond donors (Lipinski definition) is 0. The van der Waals surface area contributed by atoms with Crippen molar-refractivity contribution in [1.29, 1.82) is 0 Å². The highest BCUT2D eigenvalue weighted by Crippen LogP contribution is 2.27. The van der Waals surface area contributed by atoms with Gasteiger partial charge in [-0.05, 0) is 19.1 Å². The van der Waals surface area contributed by atoms with Crippen molar-refractivity contribution in [2.45, 2.75) is 6.92 Å². The number of nitrogens with zero attached hydrogens (tertiary/aromatic N) is 6. The van der Waals surface area contributed by atoms with Gasteiger partial charge in [-0.2, -0.15) is 14.6 Å². The summed E-state index contributed by atoms with van der Waals surface area (Å²) in [4.78, 5) is 13.2. The quantitative estimate of drug-likeness (QED) is 0.723. The van der Waals surface area contributed by atoms with Gasteiger partial charge in [-0.25, -0.2) is 4.98 Å². The van der Waals surface area contributed by atoms with Crippen molar-refractivity contribution in [2.24, 2.45) is 0 Å². The van der Waals surface area contributed by atoms with Crippen molar-refractivity contribution < 1.29 is 0 Å². The maximum absolute atomic E-state index is 6.31. The van der Waals surface area contributed by atoms with Gasteiger partial charge in [-0.15, -0.1) is 0 Å². The van der Waals surface area contributed by atoms with Crippen molar-refractivity contribution in [2.75, 3.05) is 36.0 Å². The lowest BCUT2D eigenvalue weighted by atomic mass is 10.2. The summed E-state index contributed by atoms with van der Waals surface area (Å²) < 4.78 is 1.80. The second kappa shape index (κ2) is 5.70. The molecule has 1 fully saturated rings. The molecule has 1 aromatic carbocycles. The molecule has 0 spiro atoms. The van der Waals surface area contributed by atoms with Gasteiger partial charge in [0, 0.05) is 37.9 Å². The summed E-state index contributed by atoms with van der Waals surface area (Å²) in [5.41, 5.74) is 2.06. The molecule has 6 nitrogen and oxygen atoms in total. The van der Waals surface area contributed by atoms with Crippen molar-refractivity contribution in [3.63, 3.8) is 0 Å². The third-order valence-electron chi connectivity index (χ3n) is 4.16. The number of rotatable bonds is 2. The van der Waals surface area contributed by atoms with Gasteiger partial charge in [-0.3, -0.25) is 0 Å². The molecule has 0 bridgehead atoms. The molecule has 0 amide bonds. The van der Waals surface area contributed by atoms with Crippen LogP contribution in [0.25, 0.3) is 5.78 Å². The van der Waals surface area contributed by atoms with Crippen LogP contribution in [0.1, 0.15) is 5.69 Å². The van der Waals surface area contributed by atoms with Crippen LogP contribution in [-0.4, -0.2) is 45.8 Å². The van der Waals surface area contributed by atoms with Crippen molar-refractivity contribution in [3.05, 3.63) is 47.4 Å². The van der Waals surface area contributed by atoms with E-state index in [9.17, 15) is 0 Å². The van der Waals surface area contributed by atoms with E-state index in [-0.39, 0.29) is 0 Å². The third kappa shape index (κ3) is 2.59. The number of benzene rings is 1. The summed E-state index contributed by atoms with van der Waals surface area (Å²) in [5, 5.41) is 5.10. The van der Waals surface area contributed by atoms with E-state index in [1.165, 1.54) is 0 Å². The Labute approximate surface area is 139 Å². The number of para-hydroxylation sites is 1. The maximum atomic E-state index is 6.31. The first-order valence-corrected chi connectivity index (χ1v) is 8.02. The number of hydrogen-bond acceptors (Lipinski definition) is 5. The predicted octanol–water partition coefficient (Wildman–Crippen LogP) is 2.41. The van der Waals surface area contributed by atoms with E-state index in [0.29, 0.717) is 5.78 Å². The Morgan fingerprint density at radius 3 is 2.57 bits per heavy atom. The Kier molecular flexibility index (Phi) is 3.53. The highest BCUT2D eigenvalue weighted by molar-refractivity contribution is 6.33. The Balaban J connectivity index is 1.57. The lowest BCUT2D eigenvalue weighted by Gasteiger charge is -2.37. The lowest BCUT2D eigenvalue weighted by Crippen LogP contribution is -2.47. The number of fused-ring (bicyclic) bond motifs is 1. The van der Waals surface area contributed by atoms with E-state index in [1.54, 1.807) is 10.8 Å². The fourth-order valence-electron chi connectivity index (χ4n) is 3.02. The summed E-state index contributed by atoms with van der Waals surface area (Å²) in [6.07, 6.45) is 1.55. The topological polar surface area (TPSA) is 49.6 Å². The van der Waals surface area contributed by atoms with Gasteiger partial charge >= 0.3 is 0 Å². The van der Waals surface area contributed by atoms with Crippen molar-refractivity contribution in [3.8, 4) is 0 Å². The molecule has 23 heavy (non-hydrogen) atoms. The van der Waals surface area contributed by atoms with Crippen LogP contribution in [0.2, 0.25) is 5.02 Å². The first kappa shape index (κ1) is 14.3. The van der Waals surface area contributed by atoms with Crippen LogP contribution in [0.15, 0.2) is 36.7 Å². The van der Waals surface area contributed by atoms with Crippen LogP contribution < -0.4 is 9.80 Å². The molecule has 1 aliphatic heterocycles. The second-order valence-corrected chi connectivity index (χ2v) is 6.06. The van der Waals surface area contributed by atoms with E-state index in [0.717, 1.165) is 48.4 Å². The zero-order chi connectivity index (χ0) is 15.8. The summed E-state index contributed by atoms with van der Waals surface area (Å²) in [7, 11) is 0. The minimum absolute atomic E-state index is 0.647. The lowest BCUT2D eigenvalue weighted by molar-refractivity contribution is 0.638. The molecule has 0 unspecified atom stereocenters. The number of halogens is 1. The van der Waals surface area contributed by atoms with E-state index in [2.05, 4.69) is 37.0 Å². The maximum Gasteiger partial charge on any atom is 0.254 e. The fourth-order valence-corrected chi connectivity index (χ4v) is 3.28. The van der Waals surface area contributed by atoms with Gasteiger partial charge in [-0.1, -0.05) is 23.7 Å². The zero-order valence-corrected chi connectivity index (χ0v) is 13.6. The molecular formula is C16H17ClN6. The smallest absolute Gasteiger partial charge is 0.254 e. The Morgan fingerprint density at radius 2 is 1.78 bits per heavy atom. The van der Waals surface area contributed by atoms with Gasteiger partial charge in [0.05, 0.1) is 10.7 Å². The standard InChI is InChI=1S/C16H17ClN6/c1-12-10-15(23-16(20-12)18-11-19-23)22-8-6-21(7-9-22)14-5-3-2-4-13(14)17/h2-5,10-11H,6-9H2,1H3. The number of aryl methyl sites for hydroxylation is 1. The average molecular weight is 329 g/mol. The molecule has 3 heterocycles. The monoisotopic (exact) mass is 328 g/mol. The van der Waals surface area contributed by atoms with Gasteiger partial charge < -0.3 is 9.80 Å². The van der Waals surface area contributed by atoms with Crippen molar-refractivity contribution in [1.82, 2.24) is 19.6 Å². The van der Waals surface area contributed by atoms with Crippen LogP contribution in [0.5, 0.6) is 0 Å². The van der Waals surface area contributed by atoms with E-state index in [1.807, 2.05) is 25.1 Å². The van der Waals surface area contributed by atoms with Gasteiger partial charge in [0.25, 0.3) is 5.78 Å². The number of anilines is 2. The largest absolute Gasteiger partial charge is 0.367 e. The minimum atomic E-state index is 0.647. The number of aromatic nitrogens is 4. The third-order valence-corrected chi connectivity index (χ3v) is 4.48. The summed E-state index contributed by atoms with van der Waals surface area (Å²) >= 11 is 6.31. The fraction of sp³-hybridized carbons (Fsp3) is 0.312. The molecule has 0 N–H and O–H groups in total. The van der Waals surface area contributed by atoms with Gasteiger partial charge in [0.1, 0.15) is 12.1 Å². The molecule has 0 aliphatic carbocycles.